The molecule has 2 aromatic carbocycles. The number of pyridine rings is 1. The van der Waals surface area contributed by atoms with Crippen LogP contribution in [-0.4, -0.2) is 90.0 Å². The Morgan fingerprint density at radius 2 is 1.79 bits per heavy atom. The Hall–Kier alpha value is -3.75. The van der Waals surface area contributed by atoms with Crippen molar-refractivity contribution in [3.05, 3.63) is 72.3 Å². The van der Waals surface area contributed by atoms with Crippen molar-refractivity contribution < 1.29 is 13.9 Å². The second-order valence-electron chi connectivity index (χ2n) is 9.91. The number of nitrogens with one attached hydrogen (secondary N) is 1. The molecule has 5 rings (SSSR count). The van der Waals surface area contributed by atoms with Crippen LogP contribution in [0.15, 0.2) is 60.9 Å². The molecule has 1 fully saturated rings. The fourth-order valence-corrected chi connectivity index (χ4v) is 5.31. The van der Waals surface area contributed by atoms with Crippen LogP contribution in [0.1, 0.15) is 24.2 Å². The molecule has 4 aromatic rings. The minimum absolute atomic E-state index is 0.135. The molecule has 0 bridgehead atoms. The molecule has 8 heteroatoms. The van der Waals surface area contributed by atoms with Gasteiger partial charge in [0.2, 0.25) is 0 Å². The Balaban J connectivity index is 1.35. The van der Waals surface area contributed by atoms with E-state index in [2.05, 4.69) is 33.6 Å². The third kappa shape index (κ3) is 5.82. The van der Waals surface area contributed by atoms with Gasteiger partial charge in [0.25, 0.3) is 5.91 Å². The van der Waals surface area contributed by atoms with Crippen molar-refractivity contribution in [1.29, 1.82) is 0 Å². The predicted molar refractivity (Wildman–Crippen MR) is 154 cm³/mol. The number of H-pyrrole nitrogens is 1. The van der Waals surface area contributed by atoms with E-state index in [9.17, 15) is 9.18 Å². The van der Waals surface area contributed by atoms with Crippen LogP contribution in [-0.2, 0) is 0 Å². The number of aromatic nitrogens is 2. The molecule has 1 N–H and O–H groups in total. The molecule has 0 spiro atoms. The molecule has 3 heterocycles. The first-order chi connectivity index (χ1) is 19.0. The van der Waals surface area contributed by atoms with Crippen LogP contribution in [0.4, 0.5) is 4.39 Å². The Morgan fingerprint density at radius 3 is 2.54 bits per heavy atom. The van der Waals surface area contributed by atoms with E-state index >= 15 is 0 Å². The Morgan fingerprint density at radius 1 is 1.03 bits per heavy atom. The maximum absolute atomic E-state index is 14.8. The van der Waals surface area contributed by atoms with Gasteiger partial charge < -0.3 is 19.5 Å². The van der Waals surface area contributed by atoms with Crippen molar-refractivity contribution in [1.82, 2.24) is 24.7 Å². The number of fused-ring (bicyclic) bond motifs is 1. The Labute approximate surface area is 229 Å². The summed E-state index contributed by atoms with van der Waals surface area (Å²) >= 11 is 0. The number of hydrogen-bond acceptors (Lipinski definition) is 5. The van der Waals surface area contributed by atoms with Crippen molar-refractivity contribution in [2.45, 2.75) is 13.8 Å². The second kappa shape index (κ2) is 12.0. The molecule has 39 heavy (non-hydrogen) atoms. The molecule has 0 saturated carbocycles. The van der Waals surface area contributed by atoms with Crippen LogP contribution in [0, 0.1) is 5.82 Å². The van der Waals surface area contributed by atoms with E-state index in [1.807, 2.05) is 41.4 Å². The van der Waals surface area contributed by atoms with Gasteiger partial charge in [-0.25, -0.2) is 9.37 Å². The van der Waals surface area contributed by atoms with Crippen LogP contribution < -0.4 is 4.74 Å². The normalized spacial score (nSPS) is 14.3. The lowest BCUT2D eigenvalue weighted by atomic mass is 10.00. The van der Waals surface area contributed by atoms with Gasteiger partial charge in [-0.2, -0.15) is 0 Å². The van der Waals surface area contributed by atoms with Crippen molar-refractivity contribution in [2.75, 3.05) is 59.5 Å². The van der Waals surface area contributed by atoms with Gasteiger partial charge in [0, 0.05) is 79.3 Å². The molecular weight excluding hydrogens is 493 g/mol. The monoisotopic (exact) mass is 529 g/mol. The third-order valence-electron chi connectivity index (χ3n) is 7.69. The molecule has 0 unspecified atom stereocenters. The van der Waals surface area contributed by atoms with Gasteiger partial charge in [-0.05, 0) is 49.0 Å². The van der Waals surface area contributed by atoms with Gasteiger partial charge in [-0.1, -0.05) is 32.0 Å². The van der Waals surface area contributed by atoms with Gasteiger partial charge in [0.1, 0.15) is 17.2 Å². The van der Waals surface area contributed by atoms with Crippen LogP contribution in [0.25, 0.3) is 33.3 Å². The number of rotatable bonds is 9. The molecule has 0 atom stereocenters. The van der Waals surface area contributed by atoms with Crippen LogP contribution in [0.2, 0.25) is 0 Å². The molecule has 1 amide bonds. The number of halogens is 1. The van der Waals surface area contributed by atoms with E-state index in [0.29, 0.717) is 24.2 Å². The lowest BCUT2D eigenvalue weighted by Gasteiger charge is -2.35. The molecular formula is C31H36FN5O2. The summed E-state index contributed by atoms with van der Waals surface area (Å²) in [6.45, 7) is 11.4. The van der Waals surface area contributed by atoms with Crippen molar-refractivity contribution >= 4 is 16.9 Å². The number of piperazine rings is 1. The number of amides is 1. The summed E-state index contributed by atoms with van der Waals surface area (Å²) < 4.78 is 20.4. The summed E-state index contributed by atoms with van der Waals surface area (Å²) in [5.41, 5.74) is 4.35. The predicted octanol–water partition coefficient (Wildman–Crippen LogP) is 5.14. The van der Waals surface area contributed by atoms with E-state index in [1.54, 1.807) is 19.4 Å². The smallest absolute Gasteiger partial charge is 0.254 e. The second-order valence-corrected chi connectivity index (χ2v) is 9.91. The first-order valence-corrected chi connectivity index (χ1v) is 13.7. The third-order valence-corrected chi connectivity index (χ3v) is 7.69. The first-order valence-electron chi connectivity index (χ1n) is 13.7. The lowest BCUT2D eigenvalue weighted by Crippen LogP contribution is -2.50. The molecule has 1 saturated heterocycles. The number of benzene rings is 2. The first kappa shape index (κ1) is 26.8. The SMILES string of the molecule is CCN(CC)CCN1CCN(C(=O)c2cc(F)cc(-c3cnc4[nH]cc(-c5ccccc5OC)c4c3)c2)CC1. The van der Waals surface area contributed by atoms with Gasteiger partial charge in [0.05, 0.1) is 7.11 Å². The van der Waals surface area contributed by atoms with Gasteiger partial charge in [-0.15, -0.1) is 0 Å². The quantitative estimate of drug-likeness (QED) is 0.325. The Bertz CT molecular complexity index is 1440. The summed E-state index contributed by atoms with van der Waals surface area (Å²) in [5, 5.41) is 0.898. The van der Waals surface area contributed by atoms with Gasteiger partial charge >= 0.3 is 0 Å². The number of carbonyl (C=O) groups excluding carboxylic acids is 1. The number of aromatic amines is 1. The fourth-order valence-electron chi connectivity index (χ4n) is 5.31. The van der Waals surface area contributed by atoms with E-state index in [4.69, 9.17) is 4.74 Å². The molecule has 0 aliphatic carbocycles. The zero-order valence-electron chi connectivity index (χ0n) is 22.9. The van der Waals surface area contributed by atoms with Gasteiger partial charge in [-0.3, -0.25) is 9.69 Å². The molecule has 7 nitrogen and oxygen atoms in total. The average molecular weight is 530 g/mol. The Kier molecular flexibility index (Phi) is 8.24. The molecule has 1 aliphatic heterocycles. The number of ether oxygens (including phenoxy) is 1. The van der Waals surface area contributed by atoms with Crippen LogP contribution in [0.3, 0.4) is 0 Å². The molecule has 2 aromatic heterocycles. The van der Waals surface area contributed by atoms with Crippen molar-refractivity contribution in [3.63, 3.8) is 0 Å². The van der Waals surface area contributed by atoms with E-state index in [1.165, 1.54) is 12.1 Å². The van der Waals surface area contributed by atoms with Crippen LogP contribution in [0.5, 0.6) is 5.75 Å². The van der Waals surface area contributed by atoms with Crippen LogP contribution >= 0.6 is 0 Å². The van der Waals surface area contributed by atoms with E-state index < -0.39 is 5.82 Å². The molecule has 1 aliphatic rings. The summed E-state index contributed by atoms with van der Waals surface area (Å²) in [6.07, 6.45) is 3.62. The molecule has 0 radical (unpaired) electrons. The van der Waals surface area contributed by atoms with Crippen molar-refractivity contribution in [3.8, 4) is 28.0 Å². The summed E-state index contributed by atoms with van der Waals surface area (Å²) in [6, 6.07) is 14.4. The summed E-state index contributed by atoms with van der Waals surface area (Å²) in [5.74, 6) is 0.188. The highest BCUT2D eigenvalue weighted by atomic mass is 19.1. The maximum Gasteiger partial charge on any atom is 0.254 e. The summed E-state index contributed by atoms with van der Waals surface area (Å²) in [4.78, 5) is 27.8. The largest absolute Gasteiger partial charge is 0.496 e. The number of likely N-dealkylation sites (N-methyl/N-ethyl adjacent to an activating group) is 1. The highest BCUT2D eigenvalue weighted by Crippen LogP contribution is 2.36. The highest BCUT2D eigenvalue weighted by molar-refractivity contribution is 5.98. The number of nitrogens with zero attached hydrogens (tertiary/aromatic N) is 4. The van der Waals surface area contributed by atoms with E-state index in [0.717, 1.165) is 72.7 Å². The number of para-hydroxylation sites is 1. The minimum atomic E-state index is -0.437. The number of hydrogen-bond donors (Lipinski definition) is 1. The van der Waals surface area contributed by atoms with E-state index in [-0.39, 0.29) is 5.91 Å². The van der Waals surface area contributed by atoms with Gasteiger partial charge in [0.15, 0.2) is 0 Å². The fraction of sp³-hybridized carbons (Fsp3) is 0.355. The molecule has 204 valence electrons. The average Bonchev–Trinajstić information content (AvgIpc) is 3.40. The highest BCUT2D eigenvalue weighted by Gasteiger charge is 2.23. The zero-order valence-corrected chi connectivity index (χ0v) is 22.9. The zero-order chi connectivity index (χ0) is 27.4. The maximum atomic E-state index is 14.8. The minimum Gasteiger partial charge on any atom is -0.496 e. The van der Waals surface area contributed by atoms with Crippen molar-refractivity contribution in [2.24, 2.45) is 0 Å². The number of methoxy groups -OCH3 is 1. The standard InChI is InChI=1S/C31H36FN5O2/c1-4-35(5-2)10-11-36-12-14-37(15-13-36)31(38)23-16-22(17-25(32)18-23)24-19-27-28(21-34-30(27)33-20-24)26-8-6-7-9-29(26)39-3/h6-9,16-21H,4-5,10-15H2,1-3H3,(H,33,34). The topological polar surface area (TPSA) is 64.7 Å². The number of carbonyl (C=O) groups is 1. The lowest BCUT2D eigenvalue weighted by molar-refractivity contribution is 0.0624. The summed E-state index contributed by atoms with van der Waals surface area (Å²) in [7, 11) is 1.65.